The van der Waals surface area contributed by atoms with Crippen LogP contribution in [0.4, 0.5) is 5.69 Å². The van der Waals surface area contributed by atoms with Crippen molar-refractivity contribution in [2.45, 2.75) is 0 Å². The predicted octanol–water partition coefficient (Wildman–Crippen LogP) is 3.81. The van der Waals surface area contributed by atoms with Crippen molar-refractivity contribution in [2.24, 2.45) is 4.99 Å². The molecule has 0 saturated carbocycles. The molecule has 20 heavy (non-hydrogen) atoms. The zero-order valence-electron chi connectivity index (χ0n) is 11.1. The average molecular weight is 292 g/mol. The van der Waals surface area contributed by atoms with Gasteiger partial charge >= 0.3 is 0 Å². The van der Waals surface area contributed by atoms with Crippen LogP contribution in [0.15, 0.2) is 41.4 Å². The first-order valence-corrected chi connectivity index (χ1v) is 6.27. The van der Waals surface area contributed by atoms with Crippen LogP contribution < -0.4 is 9.47 Å². The number of hydrogen-bond acceptors (Lipinski definition) is 4. The van der Waals surface area contributed by atoms with E-state index in [1.54, 1.807) is 36.5 Å². The summed E-state index contributed by atoms with van der Waals surface area (Å²) in [5, 5.41) is 10.1. The van der Waals surface area contributed by atoms with Crippen LogP contribution in [0, 0.1) is 0 Å². The molecule has 0 unspecified atom stereocenters. The SMILES string of the molecule is COc1cc(N=Cc2ccccc2O)c(OC)cc1Cl. The van der Waals surface area contributed by atoms with Crippen LogP contribution in [-0.4, -0.2) is 25.5 Å². The van der Waals surface area contributed by atoms with Crippen molar-refractivity contribution in [2.75, 3.05) is 14.2 Å². The standard InChI is InChI=1S/C15H14ClNO3/c1-19-14-8-12(15(20-2)7-11(14)16)17-9-10-5-3-4-6-13(10)18/h3-9,18H,1-2H3. The molecule has 2 rings (SSSR count). The van der Waals surface area contributed by atoms with Crippen LogP contribution in [0.2, 0.25) is 5.02 Å². The molecule has 0 bridgehead atoms. The Labute approximate surface area is 122 Å². The van der Waals surface area contributed by atoms with Crippen molar-refractivity contribution in [3.05, 3.63) is 47.0 Å². The van der Waals surface area contributed by atoms with Crippen LogP contribution in [0.25, 0.3) is 0 Å². The first-order valence-electron chi connectivity index (χ1n) is 5.89. The maximum Gasteiger partial charge on any atom is 0.146 e. The van der Waals surface area contributed by atoms with E-state index in [9.17, 15) is 5.11 Å². The Morgan fingerprint density at radius 3 is 2.45 bits per heavy atom. The Morgan fingerprint density at radius 2 is 1.80 bits per heavy atom. The van der Waals surface area contributed by atoms with Crippen molar-refractivity contribution >= 4 is 23.5 Å². The molecule has 0 aliphatic rings. The Morgan fingerprint density at radius 1 is 1.10 bits per heavy atom. The molecule has 0 spiro atoms. The molecule has 2 aromatic rings. The van der Waals surface area contributed by atoms with E-state index in [1.165, 1.54) is 14.2 Å². The van der Waals surface area contributed by atoms with Crippen molar-refractivity contribution < 1.29 is 14.6 Å². The van der Waals surface area contributed by atoms with Gasteiger partial charge in [0.25, 0.3) is 0 Å². The highest BCUT2D eigenvalue weighted by Gasteiger charge is 2.09. The summed E-state index contributed by atoms with van der Waals surface area (Å²) in [6.07, 6.45) is 1.56. The molecule has 0 amide bonds. The van der Waals surface area contributed by atoms with Crippen LogP contribution in [0.3, 0.4) is 0 Å². The lowest BCUT2D eigenvalue weighted by Gasteiger charge is -2.09. The number of nitrogens with zero attached hydrogens (tertiary/aromatic N) is 1. The summed E-state index contributed by atoms with van der Waals surface area (Å²) >= 11 is 6.03. The fourth-order valence-electron chi connectivity index (χ4n) is 1.68. The average Bonchev–Trinajstić information content (AvgIpc) is 2.47. The van der Waals surface area contributed by atoms with Gasteiger partial charge in [0, 0.05) is 23.9 Å². The number of benzene rings is 2. The van der Waals surface area contributed by atoms with Gasteiger partial charge in [-0.25, -0.2) is 0 Å². The number of halogens is 1. The van der Waals surface area contributed by atoms with Gasteiger partial charge in [0.05, 0.1) is 19.2 Å². The largest absolute Gasteiger partial charge is 0.507 e. The first kappa shape index (κ1) is 14.2. The van der Waals surface area contributed by atoms with Crippen LogP contribution in [0.1, 0.15) is 5.56 Å². The number of ether oxygens (including phenoxy) is 2. The first-order chi connectivity index (χ1) is 9.65. The van der Waals surface area contributed by atoms with E-state index >= 15 is 0 Å². The summed E-state index contributed by atoms with van der Waals surface area (Å²) in [5.41, 5.74) is 1.18. The molecule has 0 aliphatic heterocycles. The maximum atomic E-state index is 9.69. The summed E-state index contributed by atoms with van der Waals surface area (Å²) < 4.78 is 10.4. The van der Waals surface area contributed by atoms with E-state index in [1.807, 2.05) is 6.07 Å². The molecule has 0 saturated heterocycles. The van der Waals surface area contributed by atoms with Gasteiger partial charge in [-0.2, -0.15) is 0 Å². The fraction of sp³-hybridized carbons (Fsp3) is 0.133. The zero-order chi connectivity index (χ0) is 14.5. The van der Waals surface area contributed by atoms with Gasteiger partial charge in [-0.05, 0) is 12.1 Å². The van der Waals surface area contributed by atoms with Gasteiger partial charge in [0.15, 0.2) is 0 Å². The lowest BCUT2D eigenvalue weighted by Crippen LogP contribution is -1.89. The topological polar surface area (TPSA) is 51.0 Å². The Balaban J connectivity index is 2.40. The number of methoxy groups -OCH3 is 2. The Bertz CT molecular complexity index is 641. The molecule has 4 nitrogen and oxygen atoms in total. The van der Waals surface area contributed by atoms with Crippen LogP contribution in [0.5, 0.6) is 17.2 Å². The Hall–Kier alpha value is -2.20. The lowest BCUT2D eigenvalue weighted by atomic mass is 10.2. The van der Waals surface area contributed by atoms with E-state index in [4.69, 9.17) is 21.1 Å². The number of phenols is 1. The normalized spacial score (nSPS) is 10.8. The fourth-order valence-corrected chi connectivity index (χ4v) is 1.91. The van der Waals surface area contributed by atoms with Gasteiger partial charge in [0.1, 0.15) is 22.9 Å². The Kier molecular flexibility index (Phi) is 4.48. The monoisotopic (exact) mass is 291 g/mol. The van der Waals surface area contributed by atoms with Gasteiger partial charge in [-0.15, -0.1) is 0 Å². The third-order valence-corrected chi connectivity index (χ3v) is 3.03. The summed E-state index contributed by atoms with van der Waals surface area (Å²) in [7, 11) is 3.07. The predicted molar refractivity (Wildman–Crippen MR) is 79.9 cm³/mol. The molecule has 0 atom stereocenters. The van der Waals surface area contributed by atoms with Crippen molar-refractivity contribution in [3.8, 4) is 17.2 Å². The lowest BCUT2D eigenvalue weighted by molar-refractivity contribution is 0.404. The molecular weight excluding hydrogens is 278 g/mol. The second-order valence-electron chi connectivity index (χ2n) is 3.98. The number of hydrogen-bond donors (Lipinski definition) is 1. The highest BCUT2D eigenvalue weighted by molar-refractivity contribution is 6.32. The molecule has 0 aromatic heterocycles. The second-order valence-corrected chi connectivity index (χ2v) is 4.38. The van der Waals surface area contributed by atoms with Gasteiger partial charge in [-0.1, -0.05) is 23.7 Å². The molecule has 0 heterocycles. The van der Waals surface area contributed by atoms with Gasteiger partial charge in [-0.3, -0.25) is 4.99 Å². The number of para-hydroxylation sites is 1. The quantitative estimate of drug-likeness (QED) is 0.871. The molecule has 0 aliphatic carbocycles. The van der Waals surface area contributed by atoms with E-state index < -0.39 is 0 Å². The molecular formula is C15H14ClNO3. The molecule has 104 valence electrons. The van der Waals surface area contributed by atoms with E-state index in [0.29, 0.717) is 27.8 Å². The van der Waals surface area contributed by atoms with Crippen molar-refractivity contribution in [1.82, 2.24) is 0 Å². The zero-order valence-corrected chi connectivity index (χ0v) is 11.9. The van der Waals surface area contributed by atoms with Gasteiger partial charge < -0.3 is 14.6 Å². The van der Waals surface area contributed by atoms with Crippen LogP contribution >= 0.6 is 11.6 Å². The molecule has 0 radical (unpaired) electrons. The summed E-state index contributed by atoms with van der Waals surface area (Å²) in [5.74, 6) is 1.20. The van der Waals surface area contributed by atoms with E-state index in [-0.39, 0.29) is 5.75 Å². The number of aromatic hydroxyl groups is 1. The van der Waals surface area contributed by atoms with Crippen LogP contribution in [-0.2, 0) is 0 Å². The maximum absolute atomic E-state index is 9.69. The second kappa shape index (κ2) is 6.30. The minimum atomic E-state index is 0.163. The molecule has 5 heteroatoms. The third-order valence-electron chi connectivity index (χ3n) is 2.73. The van der Waals surface area contributed by atoms with Gasteiger partial charge in [0.2, 0.25) is 0 Å². The molecule has 1 N–H and O–H groups in total. The molecule has 2 aromatic carbocycles. The highest BCUT2D eigenvalue weighted by Crippen LogP contribution is 2.37. The molecule has 0 fully saturated rings. The third kappa shape index (κ3) is 3.03. The smallest absolute Gasteiger partial charge is 0.146 e. The number of phenolic OH excluding ortho intramolecular Hbond substituents is 1. The summed E-state index contributed by atoms with van der Waals surface area (Å²) in [6, 6.07) is 10.2. The van der Waals surface area contributed by atoms with Crippen molar-refractivity contribution in [1.29, 1.82) is 0 Å². The minimum absolute atomic E-state index is 0.163. The van der Waals surface area contributed by atoms with E-state index in [2.05, 4.69) is 4.99 Å². The number of rotatable bonds is 4. The highest BCUT2D eigenvalue weighted by atomic mass is 35.5. The van der Waals surface area contributed by atoms with E-state index in [0.717, 1.165) is 0 Å². The minimum Gasteiger partial charge on any atom is -0.507 e. The van der Waals surface area contributed by atoms with Crippen molar-refractivity contribution in [3.63, 3.8) is 0 Å². The summed E-state index contributed by atoms with van der Waals surface area (Å²) in [4.78, 5) is 4.31. The summed E-state index contributed by atoms with van der Waals surface area (Å²) in [6.45, 7) is 0. The number of aliphatic imine (C=N–C) groups is 1.